The van der Waals surface area contributed by atoms with Gasteiger partial charge >= 0.3 is 5.97 Å². The van der Waals surface area contributed by atoms with Crippen LogP contribution in [0.3, 0.4) is 0 Å². The summed E-state index contributed by atoms with van der Waals surface area (Å²) in [5.74, 6) is -0.413. The van der Waals surface area contributed by atoms with Crippen LogP contribution in [0.5, 0.6) is 0 Å². The molecular weight excluding hydrogens is 256 g/mol. The van der Waals surface area contributed by atoms with E-state index in [9.17, 15) is 9.90 Å². The maximum absolute atomic E-state index is 11.9. The average molecular weight is 278 g/mol. The van der Waals surface area contributed by atoms with Crippen molar-refractivity contribution in [3.63, 3.8) is 0 Å². The molecule has 0 aromatic heterocycles. The van der Waals surface area contributed by atoms with Gasteiger partial charge in [-0.25, -0.2) is 4.79 Å². The van der Waals surface area contributed by atoms with Crippen molar-refractivity contribution in [1.29, 1.82) is 0 Å². The van der Waals surface area contributed by atoms with Gasteiger partial charge in [0.1, 0.15) is 0 Å². The fraction of sp³-hybridized carbons (Fsp3) is 0.533. The number of rotatable bonds is 3. The van der Waals surface area contributed by atoms with Gasteiger partial charge in [0.15, 0.2) is 0 Å². The van der Waals surface area contributed by atoms with Gasteiger partial charge in [-0.3, -0.25) is 0 Å². The lowest BCUT2D eigenvalue weighted by Gasteiger charge is -2.37. The predicted octanol–water partition coefficient (Wildman–Crippen LogP) is 1.80. The minimum absolute atomic E-state index is 0.0168. The van der Waals surface area contributed by atoms with Gasteiger partial charge in [-0.05, 0) is 25.0 Å². The minimum Gasteiger partial charge on any atom is -0.465 e. The first-order valence-electron chi connectivity index (χ1n) is 6.94. The predicted molar refractivity (Wildman–Crippen MR) is 78.9 cm³/mol. The third-order valence-corrected chi connectivity index (χ3v) is 4.02. The van der Waals surface area contributed by atoms with Gasteiger partial charge in [0.05, 0.1) is 36.2 Å². The van der Waals surface area contributed by atoms with E-state index in [4.69, 9.17) is 10.5 Å². The molecule has 1 aromatic rings. The van der Waals surface area contributed by atoms with Crippen molar-refractivity contribution in [3.05, 3.63) is 23.8 Å². The van der Waals surface area contributed by atoms with Crippen molar-refractivity contribution in [2.45, 2.75) is 37.8 Å². The molecule has 0 amide bonds. The molecule has 0 heterocycles. The van der Waals surface area contributed by atoms with E-state index in [1.807, 2.05) is 11.9 Å². The molecule has 1 aromatic carbocycles. The number of hydrogen-bond donors (Lipinski definition) is 2. The second-order valence-electron chi connectivity index (χ2n) is 5.27. The first kappa shape index (κ1) is 14.7. The van der Waals surface area contributed by atoms with Crippen molar-refractivity contribution in [3.8, 4) is 0 Å². The molecule has 20 heavy (non-hydrogen) atoms. The van der Waals surface area contributed by atoms with E-state index in [2.05, 4.69) is 0 Å². The molecule has 1 aliphatic rings. The van der Waals surface area contributed by atoms with Gasteiger partial charge in [-0.15, -0.1) is 0 Å². The Morgan fingerprint density at radius 3 is 2.75 bits per heavy atom. The molecule has 0 aliphatic heterocycles. The lowest BCUT2D eigenvalue weighted by molar-refractivity contribution is 0.0600. The summed E-state index contributed by atoms with van der Waals surface area (Å²) < 4.78 is 4.81. The molecule has 2 unspecified atom stereocenters. The Hall–Kier alpha value is -1.75. The largest absolute Gasteiger partial charge is 0.465 e. The quantitative estimate of drug-likeness (QED) is 0.651. The fourth-order valence-corrected chi connectivity index (χ4v) is 2.94. The number of likely N-dealkylation sites (N-methyl/N-ethyl adjacent to an activating group) is 1. The highest BCUT2D eigenvalue weighted by Crippen LogP contribution is 2.33. The number of hydrogen-bond acceptors (Lipinski definition) is 5. The van der Waals surface area contributed by atoms with Gasteiger partial charge in [-0.2, -0.15) is 0 Å². The number of aliphatic hydroxyl groups excluding tert-OH is 1. The van der Waals surface area contributed by atoms with Crippen LogP contribution in [-0.2, 0) is 4.74 Å². The van der Waals surface area contributed by atoms with E-state index in [1.165, 1.54) is 7.11 Å². The minimum atomic E-state index is -0.413. The summed E-state index contributed by atoms with van der Waals surface area (Å²) in [6.07, 6.45) is 3.41. The molecule has 0 spiro atoms. The molecule has 1 aliphatic carbocycles. The molecule has 2 atom stereocenters. The number of ether oxygens (including phenoxy) is 1. The Morgan fingerprint density at radius 1 is 1.40 bits per heavy atom. The first-order chi connectivity index (χ1) is 9.56. The van der Waals surface area contributed by atoms with Gasteiger partial charge in [0, 0.05) is 7.05 Å². The highest BCUT2D eigenvalue weighted by molar-refractivity contribution is 5.99. The third kappa shape index (κ3) is 2.72. The van der Waals surface area contributed by atoms with E-state index < -0.39 is 5.97 Å². The van der Waals surface area contributed by atoms with Gasteiger partial charge in [-0.1, -0.05) is 18.9 Å². The van der Waals surface area contributed by atoms with Crippen LogP contribution in [0, 0.1) is 0 Å². The number of aliphatic hydroxyl groups is 1. The van der Waals surface area contributed by atoms with Gasteiger partial charge in [0.2, 0.25) is 0 Å². The number of benzene rings is 1. The maximum atomic E-state index is 11.9. The molecule has 3 N–H and O–H groups in total. The van der Waals surface area contributed by atoms with Crippen LogP contribution in [0.2, 0.25) is 0 Å². The summed E-state index contributed by atoms with van der Waals surface area (Å²) in [5.41, 5.74) is 7.64. The Kier molecular flexibility index (Phi) is 4.49. The number of nitrogens with two attached hydrogens (primary N) is 1. The van der Waals surface area contributed by atoms with Crippen molar-refractivity contribution in [1.82, 2.24) is 0 Å². The summed E-state index contributed by atoms with van der Waals surface area (Å²) in [7, 11) is 3.22. The molecular formula is C15H22N2O3. The average Bonchev–Trinajstić information content (AvgIpc) is 2.46. The number of nitrogens with zero attached hydrogens (tertiary/aromatic N) is 1. The second kappa shape index (κ2) is 6.13. The molecule has 110 valence electrons. The number of anilines is 2. The van der Waals surface area contributed by atoms with E-state index in [1.54, 1.807) is 18.2 Å². The van der Waals surface area contributed by atoms with E-state index >= 15 is 0 Å². The van der Waals surface area contributed by atoms with Crippen LogP contribution in [0.25, 0.3) is 0 Å². The first-order valence-corrected chi connectivity index (χ1v) is 6.94. The number of methoxy groups -OCH3 is 1. The van der Waals surface area contributed by atoms with Crippen LogP contribution in [0.1, 0.15) is 36.0 Å². The molecule has 0 bridgehead atoms. The van der Waals surface area contributed by atoms with Crippen molar-refractivity contribution >= 4 is 17.3 Å². The van der Waals surface area contributed by atoms with Crippen LogP contribution in [0.15, 0.2) is 18.2 Å². The van der Waals surface area contributed by atoms with Gasteiger partial charge in [0.25, 0.3) is 0 Å². The normalized spacial score (nSPS) is 22.4. The summed E-state index contributed by atoms with van der Waals surface area (Å²) in [6.45, 7) is 0. The SMILES string of the molecule is COC(=O)c1cccc(N)c1N(C)C1CCCCC1O. The third-order valence-electron chi connectivity index (χ3n) is 4.02. The molecule has 1 fully saturated rings. The molecule has 2 rings (SSSR count). The van der Waals surface area contributed by atoms with E-state index in [0.717, 1.165) is 25.7 Å². The maximum Gasteiger partial charge on any atom is 0.340 e. The number of esters is 1. The Labute approximate surface area is 119 Å². The summed E-state index contributed by atoms with van der Waals surface area (Å²) in [6, 6.07) is 5.17. The van der Waals surface area contributed by atoms with Crippen molar-refractivity contribution < 1.29 is 14.6 Å². The Bertz CT molecular complexity index is 490. The second-order valence-corrected chi connectivity index (χ2v) is 5.27. The zero-order valence-corrected chi connectivity index (χ0v) is 12.0. The fourth-order valence-electron chi connectivity index (χ4n) is 2.94. The smallest absolute Gasteiger partial charge is 0.340 e. The highest BCUT2D eigenvalue weighted by atomic mass is 16.5. The summed E-state index contributed by atoms with van der Waals surface area (Å²) in [5, 5.41) is 10.2. The van der Waals surface area contributed by atoms with Crippen LogP contribution in [0.4, 0.5) is 11.4 Å². The lowest BCUT2D eigenvalue weighted by atomic mass is 9.91. The van der Waals surface area contributed by atoms with Crippen LogP contribution in [-0.4, -0.2) is 37.4 Å². The number of carbonyl (C=O) groups is 1. The zero-order chi connectivity index (χ0) is 14.7. The Morgan fingerprint density at radius 2 is 2.10 bits per heavy atom. The van der Waals surface area contributed by atoms with Crippen molar-refractivity contribution in [2.75, 3.05) is 24.8 Å². The van der Waals surface area contributed by atoms with Crippen LogP contribution < -0.4 is 10.6 Å². The number of carbonyl (C=O) groups excluding carboxylic acids is 1. The number of para-hydroxylation sites is 1. The van der Waals surface area contributed by atoms with Crippen molar-refractivity contribution in [2.24, 2.45) is 0 Å². The monoisotopic (exact) mass is 278 g/mol. The topological polar surface area (TPSA) is 75.8 Å². The van der Waals surface area contributed by atoms with E-state index in [0.29, 0.717) is 16.9 Å². The van der Waals surface area contributed by atoms with E-state index in [-0.39, 0.29) is 12.1 Å². The highest BCUT2D eigenvalue weighted by Gasteiger charge is 2.30. The zero-order valence-electron chi connectivity index (χ0n) is 12.0. The molecule has 1 saturated carbocycles. The molecule has 0 radical (unpaired) electrons. The van der Waals surface area contributed by atoms with Crippen LogP contribution >= 0.6 is 0 Å². The summed E-state index contributed by atoms with van der Waals surface area (Å²) in [4.78, 5) is 13.8. The molecule has 5 heteroatoms. The standard InChI is InChI=1S/C15H22N2O3/c1-17(12-8-3-4-9-13(12)18)14-10(15(19)20-2)6-5-7-11(14)16/h5-7,12-13,18H,3-4,8-9,16H2,1-2H3. The molecule has 5 nitrogen and oxygen atoms in total. The number of nitrogen functional groups attached to an aromatic ring is 1. The summed E-state index contributed by atoms with van der Waals surface area (Å²) >= 11 is 0. The lowest BCUT2D eigenvalue weighted by Crippen LogP contribution is -2.44. The molecule has 0 saturated heterocycles. The Balaban J connectivity index is 2.37. The van der Waals surface area contributed by atoms with Gasteiger partial charge < -0.3 is 20.5 Å².